The first-order chi connectivity index (χ1) is 6.37. The minimum atomic E-state index is -3.95. The van der Waals surface area contributed by atoms with E-state index in [-0.39, 0.29) is 11.9 Å². The molecule has 0 spiro atoms. The van der Waals surface area contributed by atoms with Gasteiger partial charge in [-0.05, 0) is 24.6 Å². The molecule has 1 aromatic rings. The van der Waals surface area contributed by atoms with E-state index < -0.39 is 10.3 Å². The van der Waals surface area contributed by atoms with Gasteiger partial charge in [-0.15, -0.1) is 0 Å². The molecule has 0 aliphatic carbocycles. The zero-order chi connectivity index (χ0) is 10.8. The Morgan fingerprint density at radius 3 is 2.71 bits per heavy atom. The normalized spacial score (nSPS) is 11.6. The quantitative estimate of drug-likeness (QED) is 0.756. The van der Waals surface area contributed by atoms with Crippen molar-refractivity contribution in [2.75, 3.05) is 0 Å². The average Bonchev–Trinajstić information content (AvgIpc) is 1.97. The molecule has 1 rings (SSSR count). The second-order valence-electron chi connectivity index (χ2n) is 2.52. The highest BCUT2D eigenvalue weighted by Crippen LogP contribution is 2.06. The number of nitrogens with zero attached hydrogens (tertiary/aromatic N) is 2. The van der Waals surface area contributed by atoms with Crippen LogP contribution in [0.2, 0.25) is 5.28 Å². The number of aromatic nitrogens is 2. The fraction of sp³-hybridized carbons (Fsp3) is 0.333. The van der Waals surface area contributed by atoms with Crippen molar-refractivity contribution in [3.63, 3.8) is 0 Å². The van der Waals surface area contributed by atoms with Crippen molar-refractivity contribution in [1.29, 1.82) is 0 Å². The molecular weight excluding hydrogens is 230 g/mol. The first-order valence-corrected chi connectivity index (χ1v) is 5.39. The van der Waals surface area contributed by atoms with Gasteiger partial charge in [0.15, 0.2) is 0 Å². The van der Waals surface area contributed by atoms with Crippen molar-refractivity contribution >= 4 is 21.9 Å². The lowest BCUT2D eigenvalue weighted by Crippen LogP contribution is -2.16. The molecule has 2 N–H and O–H groups in total. The third-order valence-electron chi connectivity index (χ3n) is 1.25. The molecule has 14 heavy (non-hydrogen) atoms. The maximum atomic E-state index is 10.5. The lowest BCUT2D eigenvalue weighted by Gasteiger charge is -2.01. The Morgan fingerprint density at radius 2 is 2.21 bits per heavy atom. The van der Waals surface area contributed by atoms with Crippen LogP contribution in [0.3, 0.4) is 0 Å². The molecule has 0 atom stereocenters. The number of nitrogens with two attached hydrogens (primary N) is 1. The zero-order valence-electron chi connectivity index (χ0n) is 7.27. The summed E-state index contributed by atoms with van der Waals surface area (Å²) in [7, 11) is -3.95. The summed E-state index contributed by atoms with van der Waals surface area (Å²) in [6.45, 7) is 1.45. The summed E-state index contributed by atoms with van der Waals surface area (Å²) in [4.78, 5) is 7.54. The molecule has 0 bridgehead atoms. The van der Waals surface area contributed by atoms with Crippen LogP contribution in [0.5, 0.6) is 0 Å². The van der Waals surface area contributed by atoms with Crippen LogP contribution in [0.1, 0.15) is 11.4 Å². The van der Waals surface area contributed by atoms with E-state index in [0.717, 1.165) is 0 Å². The van der Waals surface area contributed by atoms with E-state index in [1.54, 1.807) is 13.0 Å². The van der Waals surface area contributed by atoms with Gasteiger partial charge in [0.1, 0.15) is 6.61 Å². The van der Waals surface area contributed by atoms with E-state index in [9.17, 15) is 8.42 Å². The molecule has 0 aromatic carbocycles. The van der Waals surface area contributed by atoms with E-state index >= 15 is 0 Å². The molecule has 1 heterocycles. The summed E-state index contributed by atoms with van der Waals surface area (Å²) in [5.41, 5.74) is 0.981. The Hall–Kier alpha value is -0.760. The molecule has 0 unspecified atom stereocenters. The van der Waals surface area contributed by atoms with Crippen LogP contribution in [-0.4, -0.2) is 18.4 Å². The third-order valence-corrected chi connectivity index (χ3v) is 1.87. The van der Waals surface area contributed by atoms with Gasteiger partial charge in [0.25, 0.3) is 0 Å². The topological polar surface area (TPSA) is 95.2 Å². The maximum absolute atomic E-state index is 10.5. The minimum absolute atomic E-state index is 0.0398. The van der Waals surface area contributed by atoms with Crippen molar-refractivity contribution in [1.82, 2.24) is 9.97 Å². The Bertz CT molecular complexity index is 414. The van der Waals surface area contributed by atoms with E-state index in [1.165, 1.54) is 0 Å². The van der Waals surface area contributed by atoms with Crippen LogP contribution >= 0.6 is 11.6 Å². The molecule has 0 aliphatic heterocycles. The molecule has 0 fully saturated rings. The van der Waals surface area contributed by atoms with Crippen LogP contribution in [0.15, 0.2) is 6.07 Å². The SMILES string of the molecule is Cc1cc(COS(N)(=O)=O)nc(Cl)n1. The summed E-state index contributed by atoms with van der Waals surface area (Å²) in [5, 5.41) is 4.67. The van der Waals surface area contributed by atoms with Crippen molar-refractivity contribution in [2.24, 2.45) is 5.14 Å². The maximum Gasteiger partial charge on any atom is 0.333 e. The zero-order valence-corrected chi connectivity index (χ0v) is 8.84. The van der Waals surface area contributed by atoms with E-state index in [1.807, 2.05) is 0 Å². The van der Waals surface area contributed by atoms with Gasteiger partial charge < -0.3 is 0 Å². The van der Waals surface area contributed by atoms with E-state index in [2.05, 4.69) is 19.3 Å². The number of halogens is 1. The van der Waals surface area contributed by atoms with Crippen LogP contribution in [0, 0.1) is 6.92 Å². The van der Waals surface area contributed by atoms with Gasteiger partial charge in [-0.2, -0.15) is 8.42 Å². The van der Waals surface area contributed by atoms with Crippen LogP contribution in [0.25, 0.3) is 0 Å². The van der Waals surface area contributed by atoms with Crippen LogP contribution < -0.4 is 5.14 Å². The highest BCUT2D eigenvalue weighted by molar-refractivity contribution is 7.84. The van der Waals surface area contributed by atoms with E-state index in [4.69, 9.17) is 11.6 Å². The summed E-state index contributed by atoms with van der Waals surface area (Å²) >= 11 is 5.54. The molecular formula is C6H8ClN3O3S. The van der Waals surface area contributed by atoms with Crippen molar-refractivity contribution in [2.45, 2.75) is 13.5 Å². The van der Waals surface area contributed by atoms with Gasteiger partial charge in [-0.3, -0.25) is 4.18 Å². The molecule has 0 aliphatic rings. The predicted molar refractivity (Wildman–Crippen MR) is 49.7 cm³/mol. The van der Waals surface area contributed by atoms with Gasteiger partial charge in [-0.25, -0.2) is 15.1 Å². The minimum Gasteiger partial charge on any atom is -0.252 e. The molecule has 0 radical (unpaired) electrons. The Balaban J connectivity index is 2.78. The summed E-state index contributed by atoms with van der Waals surface area (Å²) in [6.07, 6.45) is 0. The van der Waals surface area contributed by atoms with Crippen LogP contribution in [0.4, 0.5) is 0 Å². The highest BCUT2D eigenvalue weighted by Gasteiger charge is 2.05. The number of rotatable bonds is 3. The largest absolute Gasteiger partial charge is 0.333 e. The monoisotopic (exact) mass is 237 g/mol. The Kier molecular flexibility index (Phi) is 3.38. The number of aryl methyl sites for hydroxylation is 1. The van der Waals surface area contributed by atoms with Crippen LogP contribution in [-0.2, 0) is 21.1 Å². The van der Waals surface area contributed by atoms with Gasteiger partial charge in [0.2, 0.25) is 5.28 Å². The lowest BCUT2D eigenvalue weighted by atomic mass is 10.3. The standard InChI is InChI=1S/C6H8ClN3O3S/c1-4-2-5(10-6(7)9-4)3-13-14(8,11)12/h2H,3H2,1H3,(H2,8,11,12). The third kappa shape index (κ3) is 3.97. The van der Waals surface area contributed by atoms with Gasteiger partial charge in [0.05, 0.1) is 5.69 Å². The molecule has 8 heteroatoms. The van der Waals surface area contributed by atoms with Crippen molar-refractivity contribution < 1.29 is 12.6 Å². The lowest BCUT2D eigenvalue weighted by molar-refractivity contribution is 0.304. The fourth-order valence-electron chi connectivity index (χ4n) is 0.811. The fourth-order valence-corrected chi connectivity index (χ4v) is 1.34. The predicted octanol–water partition coefficient (Wildman–Crippen LogP) is 0.159. The second-order valence-corrected chi connectivity index (χ2v) is 4.08. The Morgan fingerprint density at radius 1 is 1.57 bits per heavy atom. The average molecular weight is 238 g/mol. The van der Waals surface area contributed by atoms with Gasteiger partial charge in [-0.1, -0.05) is 0 Å². The number of hydrogen-bond acceptors (Lipinski definition) is 5. The van der Waals surface area contributed by atoms with Crippen molar-refractivity contribution in [3.8, 4) is 0 Å². The highest BCUT2D eigenvalue weighted by atomic mass is 35.5. The molecule has 0 saturated heterocycles. The van der Waals surface area contributed by atoms with Crippen molar-refractivity contribution in [3.05, 3.63) is 22.7 Å². The summed E-state index contributed by atoms with van der Waals surface area (Å²) in [6, 6.07) is 1.55. The first-order valence-electron chi connectivity index (χ1n) is 3.54. The molecule has 0 amide bonds. The molecule has 6 nitrogen and oxygen atoms in total. The van der Waals surface area contributed by atoms with Gasteiger partial charge >= 0.3 is 10.3 Å². The van der Waals surface area contributed by atoms with Gasteiger partial charge in [0, 0.05) is 5.69 Å². The van der Waals surface area contributed by atoms with E-state index in [0.29, 0.717) is 11.4 Å². The summed E-state index contributed by atoms with van der Waals surface area (Å²) in [5.74, 6) is 0. The molecule has 1 aromatic heterocycles. The number of hydrogen-bond donors (Lipinski definition) is 1. The molecule has 0 saturated carbocycles. The smallest absolute Gasteiger partial charge is 0.252 e. The summed E-state index contributed by atoms with van der Waals surface area (Å²) < 4.78 is 25.2. The Labute approximate surface area is 86.3 Å². The second kappa shape index (κ2) is 4.18. The molecule has 78 valence electrons. The first kappa shape index (κ1) is 11.3.